The van der Waals surface area contributed by atoms with Crippen molar-refractivity contribution in [2.75, 3.05) is 26.2 Å². The molecule has 0 bridgehead atoms. The second kappa shape index (κ2) is 7.09. The number of likely N-dealkylation sites (tertiary alicyclic amines) is 1. The van der Waals surface area contributed by atoms with Crippen molar-refractivity contribution >= 4 is 5.78 Å². The Labute approximate surface area is 104 Å². The smallest absolute Gasteiger partial charge is 0.134 e. The van der Waals surface area contributed by atoms with Crippen molar-refractivity contribution in [2.24, 2.45) is 5.92 Å². The number of hydrogen-bond donors (Lipinski definition) is 1. The fraction of sp³-hybridized carbons (Fsp3) is 0.923. The van der Waals surface area contributed by atoms with E-state index in [1.165, 1.54) is 0 Å². The summed E-state index contributed by atoms with van der Waals surface area (Å²) < 4.78 is 5.38. The standard InChI is InChI=1S/C13H25NO3/c1-10(2)17-9-13(16)8-14-6-4-5-12(7-14)11(3)15/h10,12-13,16H,4-9H2,1-3H3. The molecular weight excluding hydrogens is 218 g/mol. The molecule has 0 radical (unpaired) electrons. The van der Waals surface area contributed by atoms with Crippen LogP contribution in [0.5, 0.6) is 0 Å². The number of β-amino-alcohol motifs (C(OH)–C–C–N with tert-alkyl or cyclic N) is 1. The van der Waals surface area contributed by atoms with E-state index < -0.39 is 6.10 Å². The third-order valence-electron chi connectivity index (χ3n) is 3.17. The van der Waals surface area contributed by atoms with Crippen molar-refractivity contribution in [1.29, 1.82) is 0 Å². The molecule has 4 heteroatoms. The molecule has 0 aromatic rings. The van der Waals surface area contributed by atoms with Crippen molar-refractivity contribution in [2.45, 2.75) is 45.8 Å². The molecule has 2 unspecified atom stereocenters. The van der Waals surface area contributed by atoms with Gasteiger partial charge in [-0.15, -0.1) is 0 Å². The van der Waals surface area contributed by atoms with E-state index in [0.717, 1.165) is 25.9 Å². The number of ketones is 1. The SMILES string of the molecule is CC(=O)C1CCCN(CC(O)COC(C)C)C1. The van der Waals surface area contributed by atoms with E-state index in [1.807, 2.05) is 13.8 Å². The number of aliphatic hydroxyl groups is 1. The number of ether oxygens (including phenoxy) is 1. The van der Waals surface area contributed by atoms with Crippen LogP contribution in [-0.2, 0) is 9.53 Å². The van der Waals surface area contributed by atoms with Crippen LogP contribution < -0.4 is 0 Å². The lowest BCUT2D eigenvalue weighted by Crippen LogP contribution is -2.43. The Hall–Kier alpha value is -0.450. The third kappa shape index (κ3) is 5.61. The van der Waals surface area contributed by atoms with Crippen LogP contribution in [0.25, 0.3) is 0 Å². The first kappa shape index (κ1) is 14.6. The minimum Gasteiger partial charge on any atom is -0.389 e. The topological polar surface area (TPSA) is 49.8 Å². The van der Waals surface area contributed by atoms with Gasteiger partial charge in [-0.3, -0.25) is 9.69 Å². The summed E-state index contributed by atoms with van der Waals surface area (Å²) >= 11 is 0. The Morgan fingerprint density at radius 1 is 1.53 bits per heavy atom. The summed E-state index contributed by atoms with van der Waals surface area (Å²) in [5.41, 5.74) is 0. The van der Waals surface area contributed by atoms with E-state index in [4.69, 9.17) is 4.74 Å². The van der Waals surface area contributed by atoms with Crippen LogP contribution in [0, 0.1) is 5.92 Å². The molecule has 1 N–H and O–H groups in total. The predicted molar refractivity (Wildman–Crippen MR) is 66.9 cm³/mol. The van der Waals surface area contributed by atoms with Crippen molar-refractivity contribution in [3.8, 4) is 0 Å². The van der Waals surface area contributed by atoms with E-state index in [0.29, 0.717) is 13.2 Å². The highest BCUT2D eigenvalue weighted by Gasteiger charge is 2.24. The number of nitrogens with zero attached hydrogens (tertiary/aromatic N) is 1. The van der Waals surface area contributed by atoms with Gasteiger partial charge in [0, 0.05) is 19.0 Å². The Balaban J connectivity index is 2.28. The summed E-state index contributed by atoms with van der Waals surface area (Å²) in [6, 6.07) is 0. The minimum atomic E-state index is -0.455. The molecule has 1 fully saturated rings. The average Bonchev–Trinajstić information content (AvgIpc) is 2.26. The maximum absolute atomic E-state index is 11.3. The second-order valence-electron chi connectivity index (χ2n) is 5.25. The maximum Gasteiger partial charge on any atom is 0.134 e. The summed E-state index contributed by atoms with van der Waals surface area (Å²) in [5.74, 6) is 0.421. The van der Waals surface area contributed by atoms with Gasteiger partial charge < -0.3 is 9.84 Å². The average molecular weight is 243 g/mol. The molecule has 1 aliphatic heterocycles. The van der Waals surface area contributed by atoms with Crippen molar-refractivity contribution < 1.29 is 14.6 Å². The fourth-order valence-electron chi connectivity index (χ4n) is 2.21. The lowest BCUT2D eigenvalue weighted by Gasteiger charge is -2.32. The zero-order valence-electron chi connectivity index (χ0n) is 11.2. The van der Waals surface area contributed by atoms with Gasteiger partial charge in [0.25, 0.3) is 0 Å². The van der Waals surface area contributed by atoms with E-state index in [9.17, 15) is 9.90 Å². The molecule has 0 spiro atoms. The lowest BCUT2D eigenvalue weighted by atomic mass is 9.94. The predicted octanol–water partition coefficient (Wildman–Crippen LogP) is 1.07. The highest BCUT2D eigenvalue weighted by molar-refractivity contribution is 5.78. The van der Waals surface area contributed by atoms with Crippen LogP contribution in [0.4, 0.5) is 0 Å². The van der Waals surface area contributed by atoms with Crippen molar-refractivity contribution in [3.63, 3.8) is 0 Å². The number of carbonyl (C=O) groups is 1. The molecule has 100 valence electrons. The van der Waals surface area contributed by atoms with Gasteiger partial charge in [-0.25, -0.2) is 0 Å². The number of piperidine rings is 1. The van der Waals surface area contributed by atoms with Gasteiger partial charge in [0.05, 0.1) is 18.8 Å². The Bertz CT molecular complexity index is 243. The molecule has 4 nitrogen and oxygen atoms in total. The van der Waals surface area contributed by atoms with Crippen LogP contribution in [-0.4, -0.2) is 54.2 Å². The normalized spacial score (nSPS) is 23.9. The quantitative estimate of drug-likeness (QED) is 0.758. The first-order chi connectivity index (χ1) is 7.99. The zero-order valence-corrected chi connectivity index (χ0v) is 11.2. The summed E-state index contributed by atoms with van der Waals surface area (Å²) in [6.07, 6.45) is 1.73. The Kier molecular flexibility index (Phi) is 6.09. The Morgan fingerprint density at radius 2 is 2.24 bits per heavy atom. The number of hydrogen-bond acceptors (Lipinski definition) is 4. The second-order valence-corrected chi connectivity index (χ2v) is 5.25. The van der Waals surface area contributed by atoms with E-state index >= 15 is 0 Å². The molecule has 0 saturated carbocycles. The summed E-state index contributed by atoms with van der Waals surface area (Å²) in [6.45, 7) is 8.32. The monoisotopic (exact) mass is 243 g/mol. The largest absolute Gasteiger partial charge is 0.389 e. The van der Waals surface area contributed by atoms with Gasteiger partial charge in [0.2, 0.25) is 0 Å². The van der Waals surface area contributed by atoms with Crippen molar-refractivity contribution in [1.82, 2.24) is 4.90 Å². The van der Waals surface area contributed by atoms with Crippen LogP contribution in [0.1, 0.15) is 33.6 Å². The van der Waals surface area contributed by atoms with Crippen LogP contribution in [0.2, 0.25) is 0 Å². The number of rotatable bonds is 6. The van der Waals surface area contributed by atoms with E-state index in [1.54, 1.807) is 6.92 Å². The summed E-state index contributed by atoms with van der Waals surface area (Å²) in [4.78, 5) is 13.5. The minimum absolute atomic E-state index is 0.149. The van der Waals surface area contributed by atoms with Gasteiger partial charge in [-0.1, -0.05) is 0 Å². The van der Waals surface area contributed by atoms with Gasteiger partial charge in [-0.05, 0) is 40.2 Å². The lowest BCUT2D eigenvalue weighted by molar-refractivity contribution is -0.122. The number of carbonyl (C=O) groups excluding carboxylic acids is 1. The number of Topliss-reactive ketones (excluding diaryl/α,β-unsaturated/α-hetero) is 1. The van der Waals surface area contributed by atoms with Gasteiger partial charge >= 0.3 is 0 Å². The van der Waals surface area contributed by atoms with Crippen LogP contribution in [0.3, 0.4) is 0 Å². The molecule has 1 saturated heterocycles. The first-order valence-electron chi connectivity index (χ1n) is 6.51. The Morgan fingerprint density at radius 3 is 2.82 bits per heavy atom. The molecule has 17 heavy (non-hydrogen) atoms. The van der Waals surface area contributed by atoms with Gasteiger partial charge in [-0.2, -0.15) is 0 Å². The number of aliphatic hydroxyl groups excluding tert-OH is 1. The highest BCUT2D eigenvalue weighted by atomic mass is 16.5. The highest BCUT2D eigenvalue weighted by Crippen LogP contribution is 2.17. The molecule has 0 aromatic carbocycles. The molecule has 0 amide bonds. The fourth-order valence-corrected chi connectivity index (χ4v) is 2.21. The molecule has 1 heterocycles. The van der Waals surface area contributed by atoms with Gasteiger partial charge in [0.15, 0.2) is 0 Å². The summed E-state index contributed by atoms with van der Waals surface area (Å²) in [5, 5.41) is 9.82. The zero-order chi connectivity index (χ0) is 12.8. The maximum atomic E-state index is 11.3. The van der Waals surface area contributed by atoms with Crippen molar-refractivity contribution in [3.05, 3.63) is 0 Å². The van der Waals surface area contributed by atoms with Crippen LogP contribution >= 0.6 is 0 Å². The molecule has 1 aliphatic rings. The van der Waals surface area contributed by atoms with E-state index in [2.05, 4.69) is 4.90 Å². The summed E-state index contributed by atoms with van der Waals surface area (Å²) in [7, 11) is 0. The van der Waals surface area contributed by atoms with E-state index in [-0.39, 0.29) is 17.8 Å². The first-order valence-corrected chi connectivity index (χ1v) is 6.51. The molecule has 2 atom stereocenters. The molecular formula is C13H25NO3. The van der Waals surface area contributed by atoms with Crippen LogP contribution in [0.15, 0.2) is 0 Å². The molecule has 1 rings (SSSR count). The van der Waals surface area contributed by atoms with Gasteiger partial charge in [0.1, 0.15) is 5.78 Å². The molecule has 0 aliphatic carbocycles. The third-order valence-corrected chi connectivity index (χ3v) is 3.17. The molecule has 0 aromatic heterocycles.